The van der Waals surface area contributed by atoms with Gasteiger partial charge in [0.1, 0.15) is 5.76 Å². The Labute approximate surface area is 185 Å². The van der Waals surface area contributed by atoms with Crippen LogP contribution in [0.5, 0.6) is 0 Å². The van der Waals surface area contributed by atoms with Crippen molar-refractivity contribution in [3.05, 3.63) is 69.9 Å². The van der Waals surface area contributed by atoms with Crippen molar-refractivity contribution in [3.8, 4) is 0 Å². The topological polar surface area (TPSA) is 95.1 Å². The van der Waals surface area contributed by atoms with Crippen molar-refractivity contribution in [2.75, 3.05) is 0 Å². The zero-order valence-electron chi connectivity index (χ0n) is 18.1. The number of fused-ring (bicyclic) bond motifs is 2. The molecule has 0 aliphatic heterocycles. The third-order valence-corrected chi connectivity index (χ3v) is 6.53. The molecule has 164 valence electrons. The molecular formula is C25H25N3O4. The number of benzene rings is 1. The van der Waals surface area contributed by atoms with Gasteiger partial charge in [0.15, 0.2) is 11.6 Å². The first kappa shape index (κ1) is 20.5. The molecule has 0 saturated carbocycles. The largest absolute Gasteiger partial charge is 0.360 e. The van der Waals surface area contributed by atoms with E-state index < -0.39 is 0 Å². The average Bonchev–Trinajstić information content (AvgIpc) is 3.40. The van der Waals surface area contributed by atoms with E-state index in [2.05, 4.69) is 10.3 Å². The fourth-order valence-electron chi connectivity index (χ4n) is 4.93. The molecule has 5 rings (SSSR count). The highest BCUT2D eigenvalue weighted by atomic mass is 16.5. The summed E-state index contributed by atoms with van der Waals surface area (Å²) in [7, 11) is 0. The van der Waals surface area contributed by atoms with Crippen LogP contribution in [0, 0.1) is 0 Å². The zero-order valence-corrected chi connectivity index (χ0v) is 18.1. The van der Waals surface area contributed by atoms with Crippen LogP contribution in [0.4, 0.5) is 0 Å². The number of Topliss-reactive ketones (excluding diaryl/α,β-unsaturated/α-hetero) is 2. The molecule has 0 amide bonds. The second-order valence-corrected chi connectivity index (χ2v) is 8.57. The van der Waals surface area contributed by atoms with Gasteiger partial charge in [0.2, 0.25) is 5.91 Å². The van der Waals surface area contributed by atoms with E-state index in [0.717, 1.165) is 18.4 Å². The van der Waals surface area contributed by atoms with Gasteiger partial charge in [-0.05, 0) is 37.2 Å². The van der Waals surface area contributed by atoms with Gasteiger partial charge in [-0.1, -0.05) is 42.4 Å². The van der Waals surface area contributed by atoms with Crippen LogP contribution in [-0.4, -0.2) is 32.4 Å². The zero-order chi connectivity index (χ0) is 22.2. The molecule has 7 nitrogen and oxygen atoms in total. The van der Waals surface area contributed by atoms with E-state index in [9.17, 15) is 14.4 Å². The van der Waals surface area contributed by atoms with Gasteiger partial charge in [0, 0.05) is 25.7 Å². The number of aryl methyl sites for hydroxylation is 3. The van der Waals surface area contributed by atoms with Gasteiger partial charge >= 0.3 is 0 Å². The molecule has 2 aliphatic carbocycles. The number of hydrogen-bond donors (Lipinski definition) is 0. The predicted octanol–water partition coefficient (Wildman–Crippen LogP) is 4.14. The monoisotopic (exact) mass is 431 g/mol. The standard InChI is InChI=1S/C25H25N3O4/c1-2-23(31)28-19-13-16(15-7-4-3-5-8-15)14-21(30)24(19)17(26-28)11-12-18-25-20(29)9-6-10-22(25)32-27-18/h3-5,7-8,16H,2,6,9-14H2,1H3. The minimum atomic E-state index is -0.122. The van der Waals surface area contributed by atoms with Gasteiger partial charge < -0.3 is 4.52 Å². The summed E-state index contributed by atoms with van der Waals surface area (Å²) >= 11 is 0. The van der Waals surface area contributed by atoms with Gasteiger partial charge in [-0.25, -0.2) is 4.68 Å². The summed E-state index contributed by atoms with van der Waals surface area (Å²) in [4.78, 5) is 38.2. The summed E-state index contributed by atoms with van der Waals surface area (Å²) in [5, 5.41) is 8.70. The molecule has 3 aromatic rings. The second-order valence-electron chi connectivity index (χ2n) is 8.57. The first-order valence-corrected chi connectivity index (χ1v) is 11.3. The number of carbonyl (C=O) groups is 3. The Kier molecular flexibility index (Phi) is 5.33. The van der Waals surface area contributed by atoms with Crippen molar-refractivity contribution in [3.63, 3.8) is 0 Å². The molecule has 1 unspecified atom stereocenters. The van der Waals surface area contributed by atoms with Gasteiger partial charge in [-0.2, -0.15) is 5.10 Å². The minimum absolute atomic E-state index is 0.0171. The highest BCUT2D eigenvalue weighted by molar-refractivity contribution is 6.01. The average molecular weight is 431 g/mol. The highest BCUT2D eigenvalue weighted by Crippen LogP contribution is 2.35. The molecule has 2 heterocycles. The lowest BCUT2D eigenvalue weighted by atomic mass is 9.81. The molecule has 1 aromatic carbocycles. The first-order chi connectivity index (χ1) is 15.6. The summed E-state index contributed by atoms with van der Waals surface area (Å²) in [6.45, 7) is 1.79. The van der Waals surface area contributed by atoms with Gasteiger partial charge in [-0.3, -0.25) is 14.4 Å². The number of hydrogen-bond acceptors (Lipinski definition) is 6. The van der Waals surface area contributed by atoms with E-state index in [0.29, 0.717) is 72.5 Å². The molecular weight excluding hydrogens is 406 g/mol. The number of aromatic nitrogens is 3. The summed E-state index contributed by atoms with van der Waals surface area (Å²) in [5.41, 5.74) is 4.21. The Hall–Kier alpha value is -3.35. The van der Waals surface area contributed by atoms with Crippen LogP contribution < -0.4 is 0 Å². The maximum Gasteiger partial charge on any atom is 0.246 e. The van der Waals surface area contributed by atoms with Crippen molar-refractivity contribution < 1.29 is 18.9 Å². The highest BCUT2D eigenvalue weighted by Gasteiger charge is 2.34. The lowest BCUT2D eigenvalue weighted by Crippen LogP contribution is -2.23. The number of rotatable bonds is 5. The van der Waals surface area contributed by atoms with Crippen LogP contribution in [0.1, 0.15) is 92.4 Å². The molecule has 0 fully saturated rings. The van der Waals surface area contributed by atoms with Gasteiger partial charge in [0.25, 0.3) is 0 Å². The van der Waals surface area contributed by atoms with Crippen LogP contribution in [0.15, 0.2) is 34.9 Å². The molecule has 0 N–H and O–H groups in total. The van der Waals surface area contributed by atoms with Crippen molar-refractivity contribution in [1.82, 2.24) is 14.9 Å². The van der Waals surface area contributed by atoms with E-state index in [4.69, 9.17) is 4.52 Å². The fourth-order valence-corrected chi connectivity index (χ4v) is 4.93. The third kappa shape index (κ3) is 3.51. The van der Waals surface area contributed by atoms with Crippen LogP contribution in [-0.2, 0) is 25.7 Å². The third-order valence-electron chi connectivity index (χ3n) is 6.53. The number of ketones is 2. The van der Waals surface area contributed by atoms with Crippen LogP contribution in [0.25, 0.3) is 0 Å². The van der Waals surface area contributed by atoms with E-state index in [-0.39, 0.29) is 23.4 Å². The van der Waals surface area contributed by atoms with Gasteiger partial charge in [-0.15, -0.1) is 0 Å². The number of carbonyl (C=O) groups excluding carboxylic acids is 3. The first-order valence-electron chi connectivity index (χ1n) is 11.3. The normalized spacial score (nSPS) is 17.8. The molecule has 0 saturated heterocycles. The Morgan fingerprint density at radius 2 is 1.81 bits per heavy atom. The molecule has 0 bridgehead atoms. The minimum Gasteiger partial charge on any atom is -0.360 e. The lowest BCUT2D eigenvalue weighted by molar-refractivity contribution is 0.0886. The Balaban J connectivity index is 1.47. The SMILES string of the molecule is CCC(=O)n1nc(CCc2noc3c2C(=O)CCC3)c2c1CC(c1ccccc1)CC2=O. The summed E-state index contributed by atoms with van der Waals surface area (Å²) in [6, 6.07) is 9.94. The predicted molar refractivity (Wildman–Crippen MR) is 116 cm³/mol. The van der Waals surface area contributed by atoms with Crippen LogP contribution in [0.3, 0.4) is 0 Å². The maximum atomic E-state index is 13.2. The van der Waals surface area contributed by atoms with Gasteiger partial charge in [0.05, 0.1) is 28.2 Å². The summed E-state index contributed by atoms with van der Waals surface area (Å²) in [6.07, 6.45) is 4.20. The fraction of sp³-hybridized carbons (Fsp3) is 0.400. The molecule has 0 radical (unpaired) electrons. The van der Waals surface area contributed by atoms with Crippen molar-refractivity contribution >= 4 is 17.5 Å². The molecule has 1 atom stereocenters. The van der Waals surface area contributed by atoms with Crippen molar-refractivity contribution in [2.24, 2.45) is 0 Å². The molecule has 0 spiro atoms. The lowest BCUT2D eigenvalue weighted by Gasteiger charge is -2.23. The summed E-state index contributed by atoms with van der Waals surface area (Å²) < 4.78 is 6.82. The van der Waals surface area contributed by atoms with E-state index in [1.54, 1.807) is 6.92 Å². The van der Waals surface area contributed by atoms with E-state index >= 15 is 0 Å². The second kappa shape index (κ2) is 8.30. The molecule has 7 heteroatoms. The Morgan fingerprint density at radius 3 is 2.59 bits per heavy atom. The van der Waals surface area contributed by atoms with Crippen LogP contribution >= 0.6 is 0 Å². The maximum absolute atomic E-state index is 13.2. The Bertz CT molecular complexity index is 1210. The number of nitrogens with zero attached hydrogens (tertiary/aromatic N) is 3. The quantitative estimate of drug-likeness (QED) is 0.603. The van der Waals surface area contributed by atoms with Crippen LogP contribution in [0.2, 0.25) is 0 Å². The summed E-state index contributed by atoms with van der Waals surface area (Å²) in [5.74, 6) is 0.653. The molecule has 2 aliphatic rings. The molecule has 32 heavy (non-hydrogen) atoms. The Morgan fingerprint density at radius 1 is 1.03 bits per heavy atom. The van der Waals surface area contributed by atoms with E-state index in [1.165, 1.54) is 4.68 Å². The van der Waals surface area contributed by atoms with E-state index in [1.807, 2.05) is 30.3 Å². The van der Waals surface area contributed by atoms with Crippen molar-refractivity contribution in [1.29, 1.82) is 0 Å². The smallest absolute Gasteiger partial charge is 0.246 e. The molecule has 2 aromatic heterocycles. The van der Waals surface area contributed by atoms with Crippen molar-refractivity contribution in [2.45, 2.75) is 64.2 Å².